The fraction of sp³-hybridized carbons (Fsp3) is 0.412. The van der Waals surface area contributed by atoms with Gasteiger partial charge in [0.1, 0.15) is 10.7 Å². The van der Waals surface area contributed by atoms with Gasteiger partial charge in [0.2, 0.25) is 0 Å². The zero-order valence-corrected chi connectivity index (χ0v) is 15.3. The van der Waals surface area contributed by atoms with Crippen LogP contribution in [-0.2, 0) is 11.3 Å². The molecule has 2 aromatic rings. The lowest BCUT2D eigenvalue weighted by molar-refractivity contribution is 0.0341. The lowest BCUT2D eigenvalue weighted by atomic mass is 10.1. The maximum Gasteiger partial charge on any atom is 0.275 e. The van der Waals surface area contributed by atoms with E-state index >= 15 is 0 Å². The average Bonchev–Trinajstić information content (AvgIpc) is 3.00. The van der Waals surface area contributed by atoms with Gasteiger partial charge in [-0.15, -0.1) is 11.3 Å². The van der Waals surface area contributed by atoms with Gasteiger partial charge in [-0.1, -0.05) is 17.7 Å². The van der Waals surface area contributed by atoms with Crippen molar-refractivity contribution >= 4 is 34.5 Å². The topological polar surface area (TPSA) is 54.5 Å². The number of ether oxygens (including phenoxy) is 1. The molecule has 0 bridgehead atoms. The van der Waals surface area contributed by atoms with Gasteiger partial charge < -0.3 is 10.1 Å². The van der Waals surface area contributed by atoms with E-state index in [9.17, 15) is 4.79 Å². The predicted molar refractivity (Wildman–Crippen MR) is 97.1 cm³/mol. The van der Waals surface area contributed by atoms with Crippen LogP contribution in [0.2, 0.25) is 5.02 Å². The molecule has 7 heteroatoms. The highest BCUT2D eigenvalue weighted by molar-refractivity contribution is 7.09. The summed E-state index contributed by atoms with van der Waals surface area (Å²) in [6.07, 6.45) is 0. The molecular weight excluding hydrogens is 346 g/mol. The Kier molecular flexibility index (Phi) is 5.50. The lowest BCUT2D eigenvalue weighted by Gasteiger charge is -2.25. The number of aryl methyl sites for hydroxylation is 2. The number of hydrogen-bond donors (Lipinski definition) is 1. The number of carbonyl (C=O) groups excluding carboxylic acids is 1. The Bertz CT molecular complexity index is 718. The van der Waals surface area contributed by atoms with E-state index in [1.807, 2.05) is 26.0 Å². The molecule has 0 aliphatic carbocycles. The van der Waals surface area contributed by atoms with Crippen molar-refractivity contribution in [2.24, 2.45) is 0 Å². The second-order valence-corrected chi connectivity index (χ2v) is 7.26. The van der Waals surface area contributed by atoms with Crippen molar-refractivity contribution in [2.75, 3.05) is 31.6 Å². The van der Waals surface area contributed by atoms with Gasteiger partial charge in [0.25, 0.3) is 5.91 Å². The first-order valence-electron chi connectivity index (χ1n) is 7.85. The molecule has 0 radical (unpaired) electrons. The Labute approximate surface area is 150 Å². The third-order valence-electron chi connectivity index (χ3n) is 3.92. The van der Waals surface area contributed by atoms with Crippen LogP contribution in [0.1, 0.15) is 26.6 Å². The predicted octanol–water partition coefficient (Wildman–Crippen LogP) is 3.50. The van der Waals surface area contributed by atoms with E-state index in [0.717, 1.165) is 49.0 Å². The summed E-state index contributed by atoms with van der Waals surface area (Å²) in [5.41, 5.74) is 3.09. The van der Waals surface area contributed by atoms with E-state index < -0.39 is 0 Å². The minimum absolute atomic E-state index is 0.228. The van der Waals surface area contributed by atoms with Crippen molar-refractivity contribution in [3.63, 3.8) is 0 Å². The van der Waals surface area contributed by atoms with Gasteiger partial charge in [-0.05, 0) is 31.0 Å². The van der Waals surface area contributed by atoms with Gasteiger partial charge >= 0.3 is 0 Å². The molecule has 128 valence electrons. The molecule has 1 aliphatic rings. The first-order chi connectivity index (χ1) is 11.5. The van der Waals surface area contributed by atoms with E-state index in [1.165, 1.54) is 11.3 Å². The van der Waals surface area contributed by atoms with Crippen LogP contribution >= 0.6 is 22.9 Å². The van der Waals surface area contributed by atoms with Gasteiger partial charge in [0.15, 0.2) is 0 Å². The Morgan fingerprint density at radius 1 is 1.38 bits per heavy atom. The lowest BCUT2D eigenvalue weighted by Crippen LogP contribution is -2.35. The van der Waals surface area contributed by atoms with E-state index in [2.05, 4.69) is 15.2 Å². The molecule has 5 nitrogen and oxygen atoms in total. The summed E-state index contributed by atoms with van der Waals surface area (Å²) < 4.78 is 5.34. The van der Waals surface area contributed by atoms with Crippen molar-refractivity contribution in [3.05, 3.63) is 44.4 Å². The van der Waals surface area contributed by atoms with Crippen LogP contribution in [-0.4, -0.2) is 42.1 Å². The second kappa shape index (κ2) is 7.61. The maximum atomic E-state index is 12.4. The number of amides is 1. The summed E-state index contributed by atoms with van der Waals surface area (Å²) in [5, 5.41) is 6.16. The molecule has 1 saturated heterocycles. The fourth-order valence-corrected chi connectivity index (χ4v) is 3.87. The average molecular weight is 366 g/mol. The first-order valence-corrected chi connectivity index (χ1v) is 9.11. The van der Waals surface area contributed by atoms with Crippen molar-refractivity contribution in [2.45, 2.75) is 20.4 Å². The fourth-order valence-electron chi connectivity index (χ4n) is 2.69. The van der Waals surface area contributed by atoms with Gasteiger partial charge in [0, 0.05) is 18.5 Å². The molecule has 1 amide bonds. The zero-order valence-electron chi connectivity index (χ0n) is 13.8. The van der Waals surface area contributed by atoms with Crippen molar-refractivity contribution in [1.82, 2.24) is 9.88 Å². The summed E-state index contributed by atoms with van der Waals surface area (Å²) >= 11 is 7.75. The number of nitrogens with one attached hydrogen (secondary N) is 1. The minimum atomic E-state index is -0.228. The molecule has 1 aliphatic heterocycles. The SMILES string of the molecule is Cc1cc(C)c(NC(=O)c2csc(CN3CCOCC3)n2)c(Cl)c1. The standard InChI is InChI=1S/C17H20ClN3O2S/c1-11-7-12(2)16(13(18)8-11)20-17(22)14-10-24-15(19-14)9-21-3-5-23-6-4-21/h7-8,10H,3-6,9H2,1-2H3,(H,20,22). The monoisotopic (exact) mass is 365 g/mol. The Morgan fingerprint density at radius 3 is 2.83 bits per heavy atom. The molecule has 1 fully saturated rings. The van der Waals surface area contributed by atoms with Crippen molar-refractivity contribution < 1.29 is 9.53 Å². The Morgan fingerprint density at radius 2 is 2.12 bits per heavy atom. The summed E-state index contributed by atoms with van der Waals surface area (Å²) in [6, 6.07) is 3.83. The quantitative estimate of drug-likeness (QED) is 0.901. The third kappa shape index (κ3) is 4.13. The molecular formula is C17H20ClN3O2S. The molecule has 1 N–H and O–H groups in total. The van der Waals surface area contributed by atoms with E-state index in [4.69, 9.17) is 16.3 Å². The van der Waals surface area contributed by atoms with Crippen LogP contribution in [0.15, 0.2) is 17.5 Å². The van der Waals surface area contributed by atoms with Crippen LogP contribution < -0.4 is 5.32 Å². The number of halogens is 1. The second-order valence-electron chi connectivity index (χ2n) is 5.91. The molecule has 0 spiro atoms. The van der Waals surface area contributed by atoms with Gasteiger partial charge in [-0.3, -0.25) is 9.69 Å². The molecule has 24 heavy (non-hydrogen) atoms. The van der Waals surface area contributed by atoms with E-state index in [0.29, 0.717) is 16.4 Å². The van der Waals surface area contributed by atoms with Gasteiger partial charge in [-0.2, -0.15) is 0 Å². The molecule has 0 unspecified atom stereocenters. The Balaban J connectivity index is 1.67. The van der Waals surface area contributed by atoms with Crippen LogP contribution in [0.4, 0.5) is 5.69 Å². The van der Waals surface area contributed by atoms with E-state index in [1.54, 1.807) is 5.38 Å². The van der Waals surface area contributed by atoms with Crippen molar-refractivity contribution in [1.29, 1.82) is 0 Å². The zero-order chi connectivity index (χ0) is 17.1. The summed E-state index contributed by atoms with van der Waals surface area (Å²) in [4.78, 5) is 19.2. The van der Waals surface area contributed by atoms with Gasteiger partial charge in [-0.25, -0.2) is 4.98 Å². The minimum Gasteiger partial charge on any atom is -0.379 e. The molecule has 0 saturated carbocycles. The Hall–Kier alpha value is -1.47. The summed E-state index contributed by atoms with van der Waals surface area (Å²) in [7, 11) is 0. The number of benzene rings is 1. The third-order valence-corrected chi connectivity index (χ3v) is 5.05. The molecule has 1 aromatic carbocycles. The largest absolute Gasteiger partial charge is 0.379 e. The highest BCUT2D eigenvalue weighted by Crippen LogP contribution is 2.28. The number of thiazole rings is 1. The molecule has 1 aromatic heterocycles. The molecule has 3 rings (SSSR count). The molecule has 0 atom stereocenters. The van der Waals surface area contributed by atoms with Crippen LogP contribution in [0.5, 0.6) is 0 Å². The summed E-state index contributed by atoms with van der Waals surface area (Å²) in [5.74, 6) is -0.228. The number of hydrogen-bond acceptors (Lipinski definition) is 5. The maximum absolute atomic E-state index is 12.4. The van der Waals surface area contributed by atoms with E-state index in [-0.39, 0.29) is 5.91 Å². The van der Waals surface area contributed by atoms with Crippen molar-refractivity contribution in [3.8, 4) is 0 Å². The highest BCUT2D eigenvalue weighted by Gasteiger charge is 2.17. The summed E-state index contributed by atoms with van der Waals surface area (Å²) in [6.45, 7) is 7.97. The number of rotatable bonds is 4. The number of morpholine rings is 1. The number of anilines is 1. The smallest absolute Gasteiger partial charge is 0.275 e. The normalized spacial score (nSPS) is 15.5. The number of carbonyl (C=O) groups is 1. The molecule has 2 heterocycles. The first kappa shape index (κ1) is 17.4. The van der Waals surface area contributed by atoms with Crippen LogP contribution in [0.25, 0.3) is 0 Å². The number of nitrogens with zero attached hydrogens (tertiary/aromatic N) is 2. The van der Waals surface area contributed by atoms with Gasteiger partial charge in [0.05, 0.1) is 30.5 Å². The van der Waals surface area contributed by atoms with Crippen LogP contribution in [0, 0.1) is 13.8 Å². The highest BCUT2D eigenvalue weighted by atomic mass is 35.5. The number of aromatic nitrogens is 1. The van der Waals surface area contributed by atoms with Crippen LogP contribution in [0.3, 0.4) is 0 Å².